The van der Waals surface area contributed by atoms with Crippen molar-refractivity contribution < 1.29 is 0 Å². The fraction of sp³-hybridized carbons (Fsp3) is 0.500. The zero-order chi connectivity index (χ0) is 25.0. The molecule has 0 spiro atoms. The second kappa shape index (κ2) is 13.2. The van der Waals surface area contributed by atoms with Crippen LogP contribution in [0.15, 0.2) is 73.4 Å². The number of hydrogen-bond donors (Lipinski definition) is 0. The minimum Gasteiger partial charge on any atom is -0.265 e. The molecule has 0 N–H and O–H groups in total. The average molecular weight is 448 g/mol. The van der Waals surface area contributed by atoms with Gasteiger partial charge in [-0.3, -0.25) is 15.0 Å². The van der Waals surface area contributed by atoms with E-state index in [1.54, 1.807) is 0 Å². The summed E-state index contributed by atoms with van der Waals surface area (Å²) >= 11 is 0. The fourth-order valence-corrected chi connectivity index (χ4v) is 3.27. The first-order chi connectivity index (χ1) is 15.2. The molecule has 0 radical (unpaired) electrons. The van der Waals surface area contributed by atoms with Gasteiger partial charge in [0, 0.05) is 36.7 Å². The first kappa shape index (κ1) is 28.5. The Morgan fingerprint density at radius 2 is 1.09 bits per heavy atom. The van der Waals surface area contributed by atoms with Crippen molar-refractivity contribution in [3.8, 4) is 0 Å². The lowest BCUT2D eigenvalue weighted by Crippen LogP contribution is -2.09. The summed E-state index contributed by atoms with van der Waals surface area (Å²) in [6.07, 6.45) is 12.6. The van der Waals surface area contributed by atoms with E-state index < -0.39 is 0 Å². The lowest BCUT2D eigenvalue weighted by atomic mass is 9.89. The van der Waals surface area contributed by atoms with Crippen LogP contribution in [-0.2, 0) is 19.3 Å². The summed E-state index contributed by atoms with van der Waals surface area (Å²) in [4.78, 5) is 12.3. The molecular weight excluding hydrogens is 402 g/mol. The summed E-state index contributed by atoms with van der Waals surface area (Å²) in [5, 5.41) is 0. The van der Waals surface area contributed by atoms with Crippen molar-refractivity contribution in [3.05, 3.63) is 90.3 Å². The fourth-order valence-electron chi connectivity index (χ4n) is 3.27. The molecule has 0 bridgehead atoms. The second-order valence-corrected chi connectivity index (χ2v) is 12.3. The predicted octanol–water partition coefficient (Wildman–Crippen LogP) is 8.01. The highest BCUT2D eigenvalue weighted by molar-refractivity contribution is 5.11. The number of nitrogens with zero attached hydrogens (tertiary/aromatic N) is 3. The molecule has 0 aromatic carbocycles. The highest BCUT2D eigenvalue weighted by Gasteiger charge is 2.12. The summed E-state index contributed by atoms with van der Waals surface area (Å²) in [5.41, 5.74) is 4.95. The minimum atomic E-state index is 0.342. The van der Waals surface area contributed by atoms with Gasteiger partial charge in [-0.1, -0.05) is 74.4 Å². The highest BCUT2D eigenvalue weighted by atomic mass is 14.7. The minimum absolute atomic E-state index is 0.342. The molecule has 33 heavy (non-hydrogen) atoms. The van der Waals surface area contributed by atoms with E-state index in [2.05, 4.69) is 102 Å². The van der Waals surface area contributed by atoms with Crippen LogP contribution in [0.3, 0.4) is 0 Å². The summed E-state index contributed by atoms with van der Waals surface area (Å²) < 4.78 is 0. The molecule has 3 aromatic rings. The Morgan fingerprint density at radius 3 is 1.55 bits per heavy atom. The van der Waals surface area contributed by atoms with E-state index in [-0.39, 0.29) is 0 Å². The van der Waals surface area contributed by atoms with Crippen LogP contribution in [0.1, 0.15) is 79.1 Å². The van der Waals surface area contributed by atoms with E-state index in [0.29, 0.717) is 16.2 Å². The Morgan fingerprint density at radius 1 is 0.515 bits per heavy atom. The molecule has 3 heteroatoms. The van der Waals surface area contributed by atoms with E-state index in [4.69, 9.17) is 0 Å². The van der Waals surface area contributed by atoms with E-state index >= 15 is 0 Å². The van der Waals surface area contributed by atoms with Crippen LogP contribution in [0.5, 0.6) is 0 Å². The largest absolute Gasteiger partial charge is 0.265 e. The molecule has 0 atom stereocenters. The van der Waals surface area contributed by atoms with Gasteiger partial charge in [-0.15, -0.1) is 0 Å². The lowest BCUT2D eigenvalue weighted by Gasteiger charge is -2.17. The molecule has 0 fully saturated rings. The van der Waals surface area contributed by atoms with Crippen LogP contribution in [0.4, 0.5) is 0 Å². The van der Waals surface area contributed by atoms with Crippen LogP contribution >= 0.6 is 0 Å². The Labute approximate surface area is 203 Å². The van der Waals surface area contributed by atoms with Crippen LogP contribution < -0.4 is 0 Å². The molecular formula is C30H45N3. The van der Waals surface area contributed by atoms with Gasteiger partial charge in [-0.05, 0) is 77.0 Å². The molecule has 0 unspecified atom stereocenters. The Balaban J connectivity index is 0.000000247. The molecule has 3 rings (SSSR count). The Kier molecular flexibility index (Phi) is 11.4. The summed E-state index contributed by atoms with van der Waals surface area (Å²) in [7, 11) is 0. The molecule has 0 aliphatic carbocycles. The molecule has 3 heterocycles. The topological polar surface area (TPSA) is 38.7 Å². The molecule has 0 amide bonds. The third-order valence-corrected chi connectivity index (χ3v) is 4.38. The van der Waals surface area contributed by atoms with E-state index in [0.717, 1.165) is 19.3 Å². The van der Waals surface area contributed by atoms with Crippen LogP contribution in [0.2, 0.25) is 0 Å². The zero-order valence-corrected chi connectivity index (χ0v) is 22.4. The zero-order valence-electron chi connectivity index (χ0n) is 22.4. The summed E-state index contributed by atoms with van der Waals surface area (Å²) in [6, 6.07) is 14.3. The van der Waals surface area contributed by atoms with Crippen molar-refractivity contribution in [3.63, 3.8) is 0 Å². The van der Waals surface area contributed by atoms with Crippen molar-refractivity contribution in [1.82, 2.24) is 15.0 Å². The summed E-state index contributed by atoms with van der Waals surface area (Å²) in [6.45, 7) is 20.1. The highest BCUT2D eigenvalue weighted by Crippen LogP contribution is 2.20. The third-order valence-electron chi connectivity index (χ3n) is 4.38. The van der Waals surface area contributed by atoms with Crippen LogP contribution in [0.25, 0.3) is 0 Å². The smallest absolute Gasteiger partial charge is 0.0408 e. The predicted molar refractivity (Wildman–Crippen MR) is 142 cm³/mol. The Bertz CT molecular complexity index is 747. The SMILES string of the molecule is CC(C)(C)Cc1ccccn1.CC(C)(C)Cc1cccnc1.CC(C)(C)Cc1ccncc1. The average Bonchev–Trinajstić information content (AvgIpc) is 2.67. The van der Waals surface area contributed by atoms with E-state index in [9.17, 15) is 0 Å². The monoisotopic (exact) mass is 447 g/mol. The van der Waals surface area contributed by atoms with Gasteiger partial charge in [-0.25, -0.2) is 0 Å². The van der Waals surface area contributed by atoms with Crippen molar-refractivity contribution in [2.45, 2.75) is 81.6 Å². The van der Waals surface area contributed by atoms with Gasteiger partial charge in [0.05, 0.1) is 0 Å². The standard InChI is InChI=1S/3C10H15N/c1-10(2,3)8-9-4-6-11-7-5-9;1-10(2,3)7-9-5-4-6-11-8-9;1-10(2,3)8-9-6-4-5-7-11-9/h4-7H,8H2,1-3H3;4-6,8H,7H2,1-3H3;4-7H,8H2,1-3H3. The molecule has 3 aromatic heterocycles. The van der Waals surface area contributed by atoms with Crippen molar-refractivity contribution in [2.24, 2.45) is 16.2 Å². The molecule has 0 aliphatic heterocycles. The number of hydrogen-bond acceptors (Lipinski definition) is 3. The van der Waals surface area contributed by atoms with Crippen molar-refractivity contribution >= 4 is 0 Å². The maximum absolute atomic E-state index is 4.26. The molecule has 3 nitrogen and oxygen atoms in total. The van der Waals surface area contributed by atoms with Crippen molar-refractivity contribution in [2.75, 3.05) is 0 Å². The van der Waals surface area contributed by atoms with Crippen LogP contribution in [0, 0.1) is 16.2 Å². The van der Waals surface area contributed by atoms with Crippen molar-refractivity contribution in [1.29, 1.82) is 0 Å². The molecule has 0 aliphatic rings. The number of aromatic nitrogens is 3. The first-order valence-electron chi connectivity index (χ1n) is 11.9. The van der Waals surface area contributed by atoms with Gasteiger partial charge in [0.25, 0.3) is 0 Å². The van der Waals surface area contributed by atoms with E-state index in [1.807, 2.05) is 49.2 Å². The third kappa shape index (κ3) is 16.7. The molecule has 0 saturated carbocycles. The van der Waals surface area contributed by atoms with Gasteiger partial charge in [0.15, 0.2) is 0 Å². The van der Waals surface area contributed by atoms with Crippen LogP contribution in [-0.4, -0.2) is 15.0 Å². The maximum Gasteiger partial charge on any atom is 0.0408 e. The summed E-state index contributed by atoms with van der Waals surface area (Å²) in [5.74, 6) is 0. The quantitative estimate of drug-likeness (QED) is 0.408. The first-order valence-corrected chi connectivity index (χ1v) is 11.9. The maximum atomic E-state index is 4.26. The number of pyridine rings is 3. The van der Waals surface area contributed by atoms with Gasteiger partial charge < -0.3 is 0 Å². The van der Waals surface area contributed by atoms with Gasteiger partial charge in [-0.2, -0.15) is 0 Å². The van der Waals surface area contributed by atoms with Gasteiger partial charge in [0.1, 0.15) is 0 Å². The normalized spacial score (nSPS) is 11.5. The molecule has 0 saturated heterocycles. The van der Waals surface area contributed by atoms with Gasteiger partial charge >= 0.3 is 0 Å². The van der Waals surface area contributed by atoms with Gasteiger partial charge in [0.2, 0.25) is 0 Å². The lowest BCUT2D eigenvalue weighted by molar-refractivity contribution is 0.406. The molecule has 180 valence electrons. The number of rotatable bonds is 3. The van der Waals surface area contributed by atoms with E-state index in [1.165, 1.54) is 16.8 Å². The second-order valence-electron chi connectivity index (χ2n) is 12.3. The Hall–Kier alpha value is -2.55.